The first-order valence-electron chi connectivity index (χ1n) is 21.8. The quantitative estimate of drug-likeness (QED) is 0.0304. The molecular formula is C42H66N10O16S. The second kappa shape index (κ2) is 30.7. The van der Waals surface area contributed by atoms with Crippen molar-refractivity contribution < 1.29 is 78.3 Å². The van der Waals surface area contributed by atoms with Gasteiger partial charge in [-0.2, -0.15) is 11.8 Å². The number of unbranched alkanes of at least 4 members (excludes halogenated alkanes) is 1. The highest BCUT2D eigenvalue weighted by Gasteiger charge is 2.35. The lowest BCUT2D eigenvalue weighted by Gasteiger charge is -2.27. The molecule has 0 saturated heterocycles. The lowest BCUT2D eigenvalue weighted by atomic mass is 10.0. The van der Waals surface area contributed by atoms with Crippen LogP contribution >= 0.6 is 11.8 Å². The number of amides is 8. The summed E-state index contributed by atoms with van der Waals surface area (Å²) < 4.78 is 0. The lowest BCUT2D eigenvalue weighted by Crippen LogP contribution is -2.61. The van der Waals surface area contributed by atoms with E-state index < -0.39 is 145 Å². The predicted octanol–water partition coefficient (Wildman–Crippen LogP) is -4.26. The van der Waals surface area contributed by atoms with Crippen LogP contribution in [0.15, 0.2) is 24.3 Å². The van der Waals surface area contributed by atoms with Gasteiger partial charge in [0.15, 0.2) is 0 Å². The first-order valence-corrected chi connectivity index (χ1v) is 23.2. The molecule has 27 heteroatoms. The SMILES string of the molecule is CSCC[C@H](NC(=O)[C@H](Cc1ccc(O)cc1)NC(=O)[C@H](C)NC(=O)CNC(=O)[C@H](CC(=O)O)NC(=O)[C@@H](NC(=O)[C@@H](N)CC(=O)O)C(C)C)C(=O)N[C@H](C(=O)N[C@@H](CCCCN)C(=O)O)[C@@H](C)O. The number of carboxylic acid groups (broad SMARTS) is 3. The third-order valence-corrected chi connectivity index (χ3v) is 10.7. The molecule has 0 saturated carbocycles. The highest BCUT2D eigenvalue weighted by atomic mass is 32.2. The molecule has 0 aliphatic carbocycles. The molecule has 0 spiro atoms. The van der Waals surface area contributed by atoms with Crippen LogP contribution in [0.1, 0.15) is 71.8 Å². The van der Waals surface area contributed by atoms with Gasteiger partial charge in [-0.05, 0) is 81.7 Å². The highest BCUT2D eigenvalue weighted by Crippen LogP contribution is 2.13. The molecule has 0 aromatic heterocycles. The Kier molecular flexibility index (Phi) is 26.9. The first kappa shape index (κ1) is 60.4. The molecule has 26 nitrogen and oxygen atoms in total. The summed E-state index contributed by atoms with van der Waals surface area (Å²) in [5.74, 6) is -12.7. The molecule has 17 N–H and O–H groups in total. The highest BCUT2D eigenvalue weighted by molar-refractivity contribution is 7.98. The summed E-state index contributed by atoms with van der Waals surface area (Å²) in [5.41, 5.74) is 11.5. The van der Waals surface area contributed by atoms with Gasteiger partial charge in [-0.3, -0.25) is 47.9 Å². The van der Waals surface area contributed by atoms with E-state index in [0.29, 0.717) is 30.7 Å². The second-order valence-corrected chi connectivity index (χ2v) is 17.3. The Morgan fingerprint density at radius 3 is 1.68 bits per heavy atom. The van der Waals surface area contributed by atoms with Gasteiger partial charge in [-0.1, -0.05) is 26.0 Å². The maximum absolute atomic E-state index is 13.9. The monoisotopic (exact) mass is 998 g/mol. The average molecular weight is 999 g/mol. The van der Waals surface area contributed by atoms with Gasteiger partial charge >= 0.3 is 17.9 Å². The Balaban J connectivity index is 3.20. The van der Waals surface area contributed by atoms with Crippen LogP contribution in [0.4, 0.5) is 0 Å². The molecule has 1 rings (SSSR count). The van der Waals surface area contributed by atoms with Crippen molar-refractivity contribution in [3.05, 3.63) is 29.8 Å². The van der Waals surface area contributed by atoms with Crippen molar-refractivity contribution in [1.82, 2.24) is 42.5 Å². The zero-order valence-electron chi connectivity index (χ0n) is 38.9. The molecule has 9 atom stereocenters. The number of benzene rings is 1. The van der Waals surface area contributed by atoms with Crippen molar-refractivity contribution in [3.63, 3.8) is 0 Å². The molecule has 0 bridgehead atoms. The molecule has 1 aromatic rings. The van der Waals surface area contributed by atoms with Crippen molar-refractivity contribution >= 4 is 76.9 Å². The zero-order chi connectivity index (χ0) is 52.5. The van der Waals surface area contributed by atoms with Gasteiger partial charge in [0.1, 0.15) is 48.0 Å². The van der Waals surface area contributed by atoms with E-state index in [9.17, 15) is 73.2 Å². The van der Waals surface area contributed by atoms with E-state index in [2.05, 4.69) is 42.5 Å². The van der Waals surface area contributed by atoms with Gasteiger partial charge in [0, 0.05) is 6.42 Å². The molecule has 0 heterocycles. The normalized spacial score (nSPS) is 14.9. The third-order valence-electron chi connectivity index (χ3n) is 10.1. The maximum atomic E-state index is 13.9. The molecule has 1 aromatic carbocycles. The molecule has 0 aliphatic heterocycles. The minimum atomic E-state index is -1.79. The van der Waals surface area contributed by atoms with Crippen LogP contribution in [0.25, 0.3) is 0 Å². The number of aromatic hydroxyl groups is 1. The summed E-state index contributed by atoms with van der Waals surface area (Å²) in [6.45, 7) is 4.86. The van der Waals surface area contributed by atoms with E-state index in [0.717, 1.165) is 0 Å². The summed E-state index contributed by atoms with van der Waals surface area (Å²) in [7, 11) is 0. The van der Waals surface area contributed by atoms with E-state index in [-0.39, 0.29) is 25.0 Å². The number of carbonyl (C=O) groups is 11. The number of phenolic OH excluding ortho intramolecular Hbond substituents is 1. The number of thioether (sulfide) groups is 1. The van der Waals surface area contributed by atoms with E-state index in [1.54, 1.807) is 6.26 Å². The largest absolute Gasteiger partial charge is 0.508 e. The van der Waals surface area contributed by atoms with Crippen LogP contribution in [-0.2, 0) is 59.2 Å². The van der Waals surface area contributed by atoms with E-state index in [1.807, 2.05) is 0 Å². The van der Waals surface area contributed by atoms with E-state index in [1.165, 1.54) is 63.7 Å². The van der Waals surface area contributed by atoms with Crippen LogP contribution < -0.4 is 54.0 Å². The fourth-order valence-electron chi connectivity index (χ4n) is 6.19. The standard InChI is InChI=1S/C42H66N10O16S/c1-20(2)33(51-36(61)25(44)17-31(56)57)40(65)50-29(18-32(58)59)37(62)45-19-30(55)46-21(3)35(60)49-28(16-23-9-11-24(54)12-10-23)39(64)47-26(13-15-69-5)38(63)52-34(22(4)53)41(66)48-27(42(67)68)8-6-7-14-43/h9-12,20-22,25-29,33-34,53-54H,6-8,13-19,43-44H2,1-5H3,(H,45,62)(H,46,55)(H,47,64)(H,48,66)(H,49,60)(H,50,65)(H,51,61)(H,52,63)(H,56,57)(H,58,59)(H,67,68)/t21-,22+,25-,26-,27-,28-,29-,33-,34-/m0/s1. The molecule has 0 aliphatic rings. The van der Waals surface area contributed by atoms with Gasteiger partial charge in [0.05, 0.1) is 31.5 Å². The molecule has 0 fully saturated rings. The summed E-state index contributed by atoms with van der Waals surface area (Å²) >= 11 is 1.31. The lowest BCUT2D eigenvalue weighted by molar-refractivity contribution is -0.143. The molecule has 0 radical (unpaired) electrons. The number of carbonyl (C=O) groups excluding carboxylic acids is 8. The van der Waals surface area contributed by atoms with Gasteiger partial charge in [-0.25, -0.2) is 4.79 Å². The number of hydrogen-bond donors (Lipinski definition) is 15. The molecule has 386 valence electrons. The van der Waals surface area contributed by atoms with Crippen molar-refractivity contribution in [2.24, 2.45) is 17.4 Å². The first-order chi connectivity index (χ1) is 32.3. The Labute approximate surface area is 402 Å². The maximum Gasteiger partial charge on any atom is 0.326 e. The summed E-state index contributed by atoms with van der Waals surface area (Å²) in [6.07, 6.45) is -0.892. The number of aliphatic hydroxyl groups is 1. The fourth-order valence-corrected chi connectivity index (χ4v) is 6.66. The van der Waals surface area contributed by atoms with Gasteiger partial charge in [0.25, 0.3) is 0 Å². The smallest absolute Gasteiger partial charge is 0.326 e. The number of hydrogen-bond acceptors (Lipinski definition) is 16. The van der Waals surface area contributed by atoms with Crippen molar-refractivity contribution in [3.8, 4) is 5.75 Å². The predicted molar refractivity (Wildman–Crippen MR) is 247 cm³/mol. The number of rotatable bonds is 32. The van der Waals surface area contributed by atoms with Gasteiger partial charge < -0.3 is 79.5 Å². The second-order valence-electron chi connectivity index (χ2n) is 16.3. The Bertz CT molecular complexity index is 1960. The minimum absolute atomic E-state index is 0.0169. The summed E-state index contributed by atoms with van der Waals surface area (Å²) in [6, 6.07) is -6.40. The third kappa shape index (κ3) is 22.8. The van der Waals surface area contributed by atoms with Crippen molar-refractivity contribution in [1.29, 1.82) is 0 Å². The van der Waals surface area contributed by atoms with Gasteiger partial charge in [-0.15, -0.1) is 0 Å². The number of nitrogens with one attached hydrogen (secondary N) is 8. The molecule has 69 heavy (non-hydrogen) atoms. The zero-order valence-corrected chi connectivity index (χ0v) is 39.8. The van der Waals surface area contributed by atoms with Crippen molar-refractivity contribution in [2.75, 3.05) is 25.1 Å². The number of nitrogens with two attached hydrogens (primary N) is 2. The van der Waals surface area contributed by atoms with E-state index >= 15 is 0 Å². The number of carboxylic acids is 3. The van der Waals surface area contributed by atoms with Crippen LogP contribution in [0.3, 0.4) is 0 Å². The van der Waals surface area contributed by atoms with Crippen LogP contribution in [0.2, 0.25) is 0 Å². The fraction of sp³-hybridized carbons (Fsp3) is 0.595. The summed E-state index contributed by atoms with van der Waals surface area (Å²) in [5, 5.41) is 66.9. The average Bonchev–Trinajstić information content (AvgIpc) is 3.26. The van der Waals surface area contributed by atoms with Crippen LogP contribution in [0.5, 0.6) is 5.75 Å². The molecule has 0 unspecified atom stereocenters. The van der Waals surface area contributed by atoms with Crippen molar-refractivity contribution in [2.45, 2.75) is 127 Å². The minimum Gasteiger partial charge on any atom is -0.508 e. The molecular weight excluding hydrogens is 933 g/mol. The Hall–Kier alpha value is -6.58. The number of phenols is 1. The van der Waals surface area contributed by atoms with Gasteiger partial charge in [0.2, 0.25) is 47.3 Å². The van der Waals surface area contributed by atoms with E-state index in [4.69, 9.17) is 16.6 Å². The Morgan fingerprint density at radius 1 is 0.609 bits per heavy atom. The number of aliphatic carboxylic acids is 3. The number of aliphatic hydroxyl groups excluding tert-OH is 1. The van der Waals surface area contributed by atoms with Crippen LogP contribution in [-0.4, -0.2) is 170 Å². The summed E-state index contributed by atoms with van der Waals surface area (Å²) in [4.78, 5) is 140. The topological polar surface area (TPSA) is 437 Å². The molecule has 8 amide bonds. The Morgan fingerprint density at radius 2 is 1.14 bits per heavy atom. The van der Waals surface area contributed by atoms with Crippen LogP contribution in [0, 0.1) is 5.92 Å².